The van der Waals surface area contributed by atoms with Crippen LogP contribution in [0.3, 0.4) is 0 Å². The van der Waals surface area contributed by atoms with Gasteiger partial charge in [0.15, 0.2) is 0 Å². The first-order valence-corrected chi connectivity index (χ1v) is 8.87. The summed E-state index contributed by atoms with van der Waals surface area (Å²) in [4.78, 5) is 14.0. The topological polar surface area (TPSA) is 32.3 Å². The van der Waals surface area contributed by atoms with Gasteiger partial charge in [-0.2, -0.15) is 0 Å². The maximum Gasteiger partial charge on any atom is 0.0727 e. The largest absolute Gasteiger partial charge is 0.299 e. The Balaban J connectivity index is 1.51. The fourth-order valence-electron chi connectivity index (χ4n) is 4.60. The predicted molar refractivity (Wildman–Crippen MR) is 95.6 cm³/mol. The van der Waals surface area contributed by atoms with Gasteiger partial charge >= 0.3 is 0 Å². The number of nitrogens with zero attached hydrogens (tertiary/aromatic N) is 4. The highest BCUT2D eigenvalue weighted by atomic mass is 15.2. The Labute approximate surface area is 144 Å². The summed E-state index contributed by atoms with van der Waals surface area (Å²) in [7, 11) is 2.28. The van der Waals surface area contributed by atoms with Gasteiger partial charge in [-0.1, -0.05) is 24.3 Å². The molecule has 0 aliphatic carbocycles. The van der Waals surface area contributed by atoms with Crippen LogP contribution >= 0.6 is 0 Å². The molecule has 1 aromatic carbocycles. The molecule has 0 radical (unpaired) electrons. The lowest BCUT2D eigenvalue weighted by atomic mass is 9.88. The minimum absolute atomic E-state index is 0.547. The minimum Gasteiger partial charge on any atom is -0.299 e. The maximum absolute atomic E-state index is 4.53. The van der Waals surface area contributed by atoms with Gasteiger partial charge in [0, 0.05) is 44.6 Å². The van der Waals surface area contributed by atoms with Crippen LogP contribution in [-0.2, 0) is 6.54 Å². The Kier molecular flexibility index (Phi) is 4.10. The first kappa shape index (κ1) is 15.7. The molecule has 4 nitrogen and oxygen atoms in total. The van der Waals surface area contributed by atoms with Crippen molar-refractivity contribution in [3.63, 3.8) is 0 Å². The Morgan fingerprint density at radius 2 is 1.88 bits per heavy atom. The molecule has 1 aromatic heterocycles. The van der Waals surface area contributed by atoms with Gasteiger partial charge < -0.3 is 0 Å². The highest BCUT2D eigenvalue weighted by Gasteiger charge is 2.46. The zero-order valence-electron chi connectivity index (χ0n) is 14.8. The van der Waals surface area contributed by atoms with Crippen LogP contribution in [0.15, 0.2) is 36.7 Å². The molecular formula is C20H26N4. The van der Waals surface area contributed by atoms with E-state index in [-0.39, 0.29) is 0 Å². The second-order valence-electron chi connectivity index (χ2n) is 7.51. The molecule has 2 aliphatic rings. The molecule has 24 heavy (non-hydrogen) atoms. The van der Waals surface area contributed by atoms with Crippen molar-refractivity contribution in [1.29, 1.82) is 0 Å². The zero-order chi connectivity index (χ0) is 16.7. The third-order valence-electron chi connectivity index (χ3n) is 5.70. The smallest absolute Gasteiger partial charge is 0.0727 e. The number of aromatic nitrogens is 2. The summed E-state index contributed by atoms with van der Waals surface area (Å²) in [5.41, 5.74) is 4.99. The number of aryl methyl sites for hydroxylation is 2. The number of likely N-dealkylation sites (tertiary alicyclic amines) is 2. The lowest BCUT2D eigenvalue weighted by Crippen LogP contribution is -2.29. The maximum atomic E-state index is 4.53. The number of hydrogen-bond acceptors (Lipinski definition) is 4. The Morgan fingerprint density at radius 1 is 1.04 bits per heavy atom. The molecule has 2 fully saturated rings. The van der Waals surface area contributed by atoms with E-state index in [4.69, 9.17) is 0 Å². The summed E-state index contributed by atoms with van der Waals surface area (Å²) in [6.07, 6.45) is 3.80. The third kappa shape index (κ3) is 2.85. The van der Waals surface area contributed by atoms with Crippen molar-refractivity contribution in [2.75, 3.05) is 26.7 Å². The number of benzene rings is 1. The standard InChI is InChI=1S/C20H26N4/c1-14-6-4-5-7-18(14)20-19-13-24(11-16(19)10-23(20)3)12-17-9-21-15(2)8-22-17/h4-9,16,19-20H,10-13H2,1-3H3/t16-,19+,20+/m0/s1. The molecule has 3 atom stereocenters. The van der Waals surface area contributed by atoms with Crippen molar-refractivity contribution < 1.29 is 0 Å². The quantitative estimate of drug-likeness (QED) is 0.870. The van der Waals surface area contributed by atoms with Gasteiger partial charge in [0.05, 0.1) is 11.4 Å². The molecule has 2 saturated heterocycles. The minimum atomic E-state index is 0.547. The molecule has 4 rings (SSSR count). The first-order valence-electron chi connectivity index (χ1n) is 8.87. The van der Waals surface area contributed by atoms with Gasteiger partial charge in [-0.05, 0) is 43.9 Å². The molecule has 3 heterocycles. The third-order valence-corrected chi connectivity index (χ3v) is 5.70. The molecule has 0 spiro atoms. The lowest BCUT2D eigenvalue weighted by Gasteiger charge is -2.28. The Bertz CT molecular complexity index is 712. The summed E-state index contributed by atoms with van der Waals surface area (Å²) < 4.78 is 0. The molecular weight excluding hydrogens is 296 g/mol. The molecule has 0 unspecified atom stereocenters. The molecule has 0 bridgehead atoms. The fraction of sp³-hybridized carbons (Fsp3) is 0.500. The van der Waals surface area contributed by atoms with E-state index in [0.29, 0.717) is 6.04 Å². The molecule has 0 saturated carbocycles. The van der Waals surface area contributed by atoms with Crippen molar-refractivity contribution in [2.45, 2.75) is 26.4 Å². The Hall–Kier alpha value is -1.78. The van der Waals surface area contributed by atoms with E-state index in [0.717, 1.165) is 36.3 Å². The number of fused-ring (bicyclic) bond motifs is 1. The van der Waals surface area contributed by atoms with Crippen LogP contribution in [0, 0.1) is 25.7 Å². The van der Waals surface area contributed by atoms with Gasteiger partial charge in [-0.15, -0.1) is 0 Å². The van der Waals surface area contributed by atoms with E-state index >= 15 is 0 Å². The highest BCUT2D eigenvalue weighted by molar-refractivity contribution is 5.31. The van der Waals surface area contributed by atoms with Gasteiger partial charge in [0.2, 0.25) is 0 Å². The summed E-state index contributed by atoms with van der Waals surface area (Å²) in [6, 6.07) is 9.42. The van der Waals surface area contributed by atoms with E-state index < -0.39 is 0 Å². The molecule has 0 N–H and O–H groups in total. The molecule has 2 aliphatic heterocycles. The van der Waals surface area contributed by atoms with Crippen LogP contribution < -0.4 is 0 Å². The monoisotopic (exact) mass is 322 g/mol. The van der Waals surface area contributed by atoms with E-state index in [1.807, 2.05) is 19.3 Å². The van der Waals surface area contributed by atoms with Gasteiger partial charge in [-0.25, -0.2) is 0 Å². The van der Waals surface area contributed by atoms with Crippen molar-refractivity contribution in [3.8, 4) is 0 Å². The van der Waals surface area contributed by atoms with Crippen molar-refractivity contribution in [2.24, 2.45) is 11.8 Å². The summed E-state index contributed by atoms with van der Waals surface area (Å²) in [5.74, 6) is 1.48. The average molecular weight is 322 g/mol. The van der Waals surface area contributed by atoms with E-state index in [1.165, 1.54) is 24.2 Å². The molecule has 126 valence electrons. The van der Waals surface area contributed by atoms with Gasteiger partial charge in [0.25, 0.3) is 0 Å². The lowest BCUT2D eigenvalue weighted by molar-refractivity contribution is 0.222. The summed E-state index contributed by atoms with van der Waals surface area (Å²) in [6.45, 7) is 8.67. The van der Waals surface area contributed by atoms with Gasteiger partial charge in [-0.3, -0.25) is 19.8 Å². The second kappa shape index (κ2) is 6.26. The van der Waals surface area contributed by atoms with E-state index in [1.54, 1.807) is 0 Å². The van der Waals surface area contributed by atoms with Crippen molar-refractivity contribution >= 4 is 0 Å². The highest BCUT2D eigenvalue weighted by Crippen LogP contribution is 2.44. The van der Waals surface area contributed by atoms with Crippen LogP contribution in [0.5, 0.6) is 0 Å². The van der Waals surface area contributed by atoms with Crippen molar-refractivity contribution in [3.05, 3.63) is 59.2 Å². The predicted octanol–water partition coefficient (Wildman–Crippen LogP) is 2.83. The Morgan fingerprint density at radius 3 is 2.62 bits per heavy atom. The van der Waals surface area contributed by atoms with E-state index in [2.05, 4.69) is 58.0 Å². The number of hydrogen-bond donors (Lipinski definition) is 0. The number of rotatable bonds is 3. The second-order valence-corrected chi connectivity index (χ2v) is 7.51. The van der Waals surface area contributed by atoms with Crippen LogP contribution in [0.1, 0.15) is 28.6 Å². The fourth-order valence-corrected chi connectivity index (χ4v) is 4.60. The van der Waals surface area contributed by atoms with E-state index in [9.17, 15) is 0 Å². The van der Waals surface area contributed by atoms with Crippen LogP contribution in [0.2, 0.25) is 0 Å². The normalized spacial score (nSPS) is 27.5. The first-order chi connectivity index (χ1) is 11.6. The molecule has 2 aromatic rings. The molecule has 4 heteroatoms. The molecule has 0 amide bonds. The SMILES string of the molecule is Cc1cnc(CN2C[C@@H]3CN(C)[C@H](c4ccccc4C)[C@@H]3C2)cn1. The van der Waals surface area contributed by atoms with Crippen LogP contribution in [-0.4, -0.2) is 46.4 Å². The van der Waals surface area contributed by atoms with Crippen LogP contribution in [0.25, 0.3) is 0 Å². The zero-order valence-corrected chi connectivity index (χ0v) is 14.8. The van der Waals surface area contributed by atoms with Crippen molar-refractivity contribution in [1.82, 2.24) is 19.8 Å². The van der Waals surface area contributed by atoms with Gasteiger partial charge in [0.1, 0.15) is 0 Å². The van der Waals surface area contributed by atoms with Crippen LogP contribution in [0.4, 0.5) is 0 Å². The summed E-state index contributed by atoms with van der Waals surface area (Å²) >= 11 is 0. The average Bonchev–Trinajstić information content (AvgIpc) is 3.06. The summed E-state index contributed by atoms with van der Waals surface area (Å²) in [5, 5.41) is 0.